The summed E-state index contributed by atoms with van der Waals surface area (Å²) in [5.74, 6) is -7.56. The van der Waals surface area contributed by atoms with E-state index in [0.29, 0.717) is 5.88 Å². The van der Waals surface area contributed by atoms with Crippen molar-refractivity contribution in [2.75, 3.05) is 19.7 Å². The zero-order chi connectivity index (χ0) is 33.8. The Bertz CT molecular complexity index is 1130. The molecule has 44 heavy (non-hydrogen) atoms. The van der Waals surface area contributed by atoms with Gasteiger partial charge in [-0.25, -0.2) is 19.4 Å². The van der Waals surface area contributed by atoms with Crippen molar-refractivity contribution in [2.24, 2.45) is 0 Å². The minimum absolute atomic E-state index is 0.0418. The number of hydrogen-bond acceptors (Lipinski definition) is 8. The van der Waals surface area contributed by atoms with Gasteiger partial charge in [0.1, 0.15) is 6.10 Å². The molecule has 2 aromatic rings. The van der Waals surface area contributed by atoms with Crippen LogP contribution in [-0.4, -0.2) is 98.0 Å². The van der Waals surface area contributed by atoms with Crippen LogP contribution in [0.15, 0.2) is 48.9 Å². The fourth-order valence-corrected chi connectivity index (χ4v) is 3.52. The molecule has 4 heterocycles. The van der Waals surface area contributed by atoms with E-state index in [9.17, 15) is 39.5 Å². The zero-order valence-corrected chi connectivity index (χ0v) is 22.1. The largest absolute Gasteiger partial charge is 0.490 e. The van der Waals surface area contributed by atoms with Crippen molar-refractivity contribution in [3.63, 3.8) is 0 Å². The lowest BCUT2D eigenvalue weighted by atomic mass is 9.84. The van der Waals surface area contributed by atoms with Crippen LogP contribution in [0.1, 0.15) is 18.4 Å². The predicted molar refractivity (Wildman–Crippen MR) is 127 cm³/mol. The summed E-state index contributed by atoms with van der Waals surface area (Å²) >= 11 is 0. The monoisotopic (exact) mass is 653 g/mol. The first-order chi connectivity index (χ1) is 20.1. The van der Waals surface area contributed by atoms with Crippen LogP contribution in [0.2, 0.25) is 0 Å². The summed E-state index contributed by atoms with van der Waals surface area (Å²) < 4.78 is 107. The van der Waals surface area contributed by atoms with E-state index < -0.39 is 36.4 Å². The third-order valence-electron chi connectivity index (χ3n) is 5.25. The van der Waals surface area contributed by atoms with Crippen LogP contribution in [0.5, 0.6) is 5.88 Å². The number of carboxylic acids is 3. The predicted octanol–water partition coefficient (Wildman–Crippen LogP) is 4.19. The number of ether oxygens (including phenoxy) is 2. The number of rotatable bonds is 4. The summed E-state index contributed by atoms with van der Waals surface area (Å²) in [5, 5.41) is 21.4. The van der Waals surface area contributed by atoms with E-state index in [0.717, 1.165) is 39.1 Å². The first kappa shape index (κ1) is 37.8. The Balaban J connectivity index is 0.000000379. The summed E-state index contributed by atoms with van der Waals surface area (Å²) in [7, 11) is 0. The number of halogens is 9. The lowest BCUT2D eigenvalue weighted by Crippen LogP contribution is -2.65. The second kappa shape index (κ2) is 16.0. The molecule has 0 saturated carbocycles. The molecule has 0 radical (unpaired) electrons. The molecule has 2 saturated heterocycles. The van der Waals surface area contributed by atoms with Crippen LogP contribution in [0.4, 0.5) is 39.5 Å². The van der Waals surface area contributed by atoms with Gasteiger partial charge in [-0.1, -0.05) is 12.1 Å². The van der Waals surface area contributed by atoms with Gasteiger partial charge in [-0.15, -0.1) is 0 Å². The molecule has 1 unspecified atom stereocenters. The topological polar surface area (TPSA) is 159 Å². The number of carbonyl (C=O) groups is 3. The van der Waals surface area contributed by atoms with Crippen LogP contribution in [-0.2, 0) is 25.7 Å². The first-order valence-corrected chi connectivity index (χ1v) is 11.9. The molecule has 1 atom stereocenters. The minimum Gasteiger partial charge on any atom is -0.475 e. The number of hydrogen-bond donors (Lipinski definition) is 3. The Kier molecular flexibility index (Phi) is 13.8. The van der Waals surface area contributed by atoms with E-state index in [4.69, 9.17) is 39.2 Å². The average molecular weight is 653 g/mol. The molecular weight excluding hydrogens is 629 g/mol. The van der Waals surface area contributed by atoms with Gasteiger partial charge in [0, 0.05) is 57.1 Å². The van der Waals surface area contributed by atoms with Crippen molar-refractivity contribution in [3.05, 3.63) is 54.5 Å². The van der Waals surface area contributed by atoms with E-state index in [1.807, 2.05) is 36.7 Å². The lowest BCUT2D eigenvalue weighted by Gasteiger charge is -2.53. The van der Waals surface area contributed by atoms with Gasteiger partial charge in [0.05, 0.1) is 12.2 Å². The van der Waals surface area contributed by atoms with Crippen molar-refractivity contribution in [1.29, 1.82) is 0 Å². The molecule has 2 aliphatic rings. The molecule has 2 aliphatic heterocycles. The standard InChI is InChI=1S/C18H21N3O2.3C2HF3O2/c1-2-8-20-17(5-1)23-16-6-9-22-18(10-16)13-21(14-18)12-15-4-3-7-19-11-15;3*3-2(4,5)1(6)7/h1-5,7-8,11,16H,6,9-10,12-14H2;3*(H,6,7). The van der Waals surface area contributed by atoms with Gasteiger partial charge in [-0.2, -0.15) is 39.5 Å². The molecule has 1 spiro atoms. The fourth-order valence-electron chi connectivity index (χ4n) is 3.52. The number of alkyl halides is 9. The summed E-state index contributed by atoms with van der Waals surface area (Å²) in [6.45, 7) is 3.62. The number of pyridine rings is 2. The SMILES string of the molecule is O=C(O)C(F)(F)F.O=C(O)C(F)(F)F.O=C(O)C(F)(F)F.c1ccc(OC2CCOC3(C2)CN(Cc2cccnc2)C3)nc1. The molecule has 3 N–H and O–H groups in total. The first-order valence-electron chi connectivity index (χ1n) is 11.9. The molecule has 0 aliphatic carbocycles. The number of aromatic nitrogens is 2. The van der Waals surface area contributed by atoms with Crippen LogP contribution >= 0.6 is 0 Å². The van der Waals surface area contributed by atoms with Crippen molar-refractivity contribution in [1.82, 2.24) is 14.9 Å². The lowest BCUT2D eigenvalue weighted by molar-refractivity contribution is -0.193. The Morgan fingerprint density at radius 2 is 1.39 bits per heavy atom. The second-order valence-electron chi connectivity index (χ2n) is 8.85. The zero-order valence-electron chi connectivity index (χ0n) is 22.1. The molecule has 0 bridgehead atoms. The van der Waals surface area contributed by atoms with Crippen molar-refractivity contribution in [2.45, 2.75) is 49.6 Å². The fraction of sp³-hybridized carbons (Fsp3) is 0.458. The summed E-state index contributed by atoms with van der Waals surface area (Å²) in [5.41, 5.74) is 1.21. The van der Waals surface area contributed by atoms with Crippen LogP contribution in [0, 0.1) is 0 Å². The second-order valence-corrected chi connectivity index (χ2v) is 8.85. The molecule has 0 amide bonds. The van der Waals surface area contributed by atoms with Crippen molar-refractivity contribution in [3.8, 4) is 5.88 Å². The minimum atomic E-state index is -5.08. The third-order valence-corrected chi connectivity index (χ3v) is 5.25. The number of nitrogens with zero attached hydrogens (tertiary/aromatic N) is 3. The van der Waals surface area contributed by atoms with Crippen molar-refractivity contribution >= 4 is 17.9 Å². The third kappa shape index (κ3) is 14.3. The molecule has 20 heteroatoms. The highest BCUT2D eigenvalue weighted by Gasteiger charge is 2.48. The van der Waals surface area contributed by atoms with Crippen LogP contribution < -0.4 is 4.74 Å². The Hall–Kier alpha value is -4.20. The highest BCUT2D eigenvalue weighted by Crippen LogP contribution is 2.36. The number of likely N-dealkylation sites (tertiary alicyclic amines) is 1. The van der Waals surface area contributed by atoms with Gasteiger partial charge in [0.15, 0.2) is 0 Å². The Labute approximate surface area is 241 Å². The molecule has 2 fully saturated rings. The summed E-state index contributed by atoms with van der Waals surface area (Å²) in [4.78, 5) is 37.5. The van der Waals surface area contributed by atoms with Gasteiger partial charge >= 0.3 is 36.4 Å². The van der Waals surface area contributed by atoms with Gasteiger partial charge in [-0.3, -0.25) is 9.88 Å². The summed E-state index contributed by atoms with van der Waals surface area (Å²) in [6.07, 6.45) is -7.68. The maximum absolute atomic E-state index is 10.6. The number of aliphatic carboxylic acids is 3. The Morgan fingerprint density at radius 1 is 0.864 bits per heavy atom. The highest BCUT2D eigenvalue weighted by molar-refractivity contribution is 5.73. The number of carboxylic acid groups (broad SMARTS) is 3. The normalized spacial score (nSPS) is 17.6. The molecule has 2 aromatic heterocycles. The quantitative estimate of drug-likeness (QED) is 0.406. The van der Waals surface area contributed by atoms with Gasteiger partial charge in [-0.05, 0) is 17.7 Å². The van der Waals surface area contributed by atoms with E-state index >= 15 is 0 Å². The van der Waals surface area contributed by atoms with Crippen LogP contribution in [0.25, 0.3) is 0 Å². The maximum Gasteiger partial charge on any atom is 0.490 e. The van der Waals surface area contributed by atoms with Gasteiger partial charge in [0.2, 0.25) is 5.88 Å². The molecule has 0 aromatic carbocycles. The van der Waals surface area contributed by atoms with Gasteiger partial charge < -0.3 is 24.8 Å². The van der Waals surface area contributed by atoms with Crippen LogP contribution in [0.3, 0.4) is 0 Å². The molecular formula is C24H24F9N3O8. The average Bonchev–Trinajstić information content (AvgIpc) is 2.89. The Morgan fingerprint density at radius 3 is 1.80 bits per heavy atom. The summed E-state index contributed by atoms with van der Waals surface area (Å²) in [6, 6.07) is 9.88. The molecule has 246 valence electrons. The maximum atomic E-state index is 10.6. The van der Waals surface area contributed by atoms with E-state index in [-0.39, 0.29) is 11.7 Å². The van der Waals surface area contributed by atoms with Crippen molar-refractivity contribution < 1.29 is 78.7 Å². The van der Waals surface area contributed by atoms with E-state index in [1.54, 1.807) is 6.20 Å². The van der Waals surface area contributed by atoms with E-state index in [2.05, 4.69) is 20.9 Å². The highest BCUT2D eigenvalue weighted by atomic mass is 19.4. The smallest absolute Gasteiger partial charge is 0.475 e. The molecule has 11 nitrogen and oxygen atoms in total. The van der Waals surface area contributed by atoms with Gasteiger partial charge in [0.25, 0.3) is 0 Å². The molecule has 4 rings (SSSR count). The van der Waals surface area contributed by atoms with E-state index in [1.165, 1.54) is 5.56 Å².